The maximum absolute atomic E-state index is 13.8. The van der Waals surface area contributed by atoms with Crippen LogP contribution in [-0.2, 0) is 30.5 Å². The summed E-state index contributed by atoms with van der Waals surface area (Å²) in [4.78, 5) is 29.7. The summed E-state index contributed by atoms with van der Waals surface area (Å²) >= 11 is 6.43. The molecule has 212 valence electrons. The Labute approximate surface area is 230 Å². The third kappa shape index (κ3) is 6.43. The summed E-state index contributed by atoms with van der Waals surface area (Å²) in [6.45, 7) is 0.599. The van der Waals surface area contributed by atoms with Crippen molar-refractivity contribution < 1.29 is 35.9 Å². The third-order valence-electron chi connectivity index (χ3n) is 7.18. The van der Waals surface area contributed by atoms with Gasteiger partial charge in [-0.25, -0.2) is 13.2 Å². The summed E-state index contributed by atoms with van der Waals surface area (Å²) in [7, 11) is -2.57. The number of nitrogens with one attached hydrogen (secondary N) is 1. The molecule has 39 heavy (non-hydrogen) atoms. The lowest BCUT2D eigenvalue weighted by molar-refractivity contribution is -0.154. The molecule has 1 amide bonds. The van der Waals surface area contributed by atoms with Gasteiger partial charge in [-0.05, 0) is 55.5 Å². The van der Waals surface area contributed by atoms with E-state index in [9.17, 15) is 31.2 Å². The van der Waals surface area contributed by atoms with E-state index in [0.29, 0.717) is 49.5 Å². The van der Waals surface area contributed by atoms with Crippen LogP contribution in [-0.4, -0.2) is 57.7 Å². The monoisotopic (exact) mass is 587 g/mol. The fourth-order valence-electron chi connectivity index (χ4n) is 5.38. The van der Waals surface area contributed by atoms with Gasteiger partial charge < -0.3 is 14.5 Å². The van der Waals surface area contributed by atoms with Crippen LogP contribution >= 0.6 is 11.6 Å². The molecule has 1 N–H and O–H groups in total. The fourth-order valence-corrected chi connectivity index (χ4v) is 6.21. The van der Waals surface area contributed by atoms with E-state index < -0.39 is 45.7 Å². The van der Waals surface area contributed by atoms with Gasteiger partial charge in [0.05, 0.1) is 36.3 Å². The fraction of sp³-hybridized carbons (Fsp3) is 0.462. The lowest BCUT2D eigenvalue weighted by Gasteiger charge is -2.38. The Bertz CT molecular complexity index is 1350. The van der Waals surface area contributed by atoms with Crippen LogP contribution in [0.5, 0.6) is 0 Å². The SMILES string of the molecule is COC(=O)C1CCC(c2ccccc2Cl)N1C(=O)C1CCN(c2ccc(C(F)(F)F)cc2NS(C)(=O)=O)CC1. The minimum Gasteiger partial charge on any atom is -0.467 e. The Morgan fingerprint density at radius 1 is 1.05 bits per heavy atom. The highest BCUT2D eigenvalue weighted by Crippen LogP contribution is 2.42. The van der Waals surface area contributed by atoms with E-state index in [1.807, 2.05) is 12.1 Å². The summed E-state index contributed by atoms with van der Waals surface area (Å²) in [6.07, 6.45) is -2.09. The number of esters is 1. The Morgan fingerprint density at radius 2 is 1.72 bits per heavy atom. The Hall–Kier alpha value is -2.99. The second kappa shape index (κ2) is 11.2. The van der Waals surface area contributed by atoms with E-state index in [1.165, 1.54) is 13.2 Å². The molecular weight excluding hydrogens is 559 g/mol. The molecule has 0 saturated carbocycles. The largest absolute Gasteiger partial charge is 0.467 e. The summed E-state index contributed by atoms with van der Waals surface area (Å²) in [5.41, 5.74) is -0.114. The molecule has 2 aliphatic heterocycles. The third-order valence-corrected chi connectivity index (χ3v) is 8.12. The van der Waals surface area contributed by atoms with Gasteiger partial charge >= 0.3 is 12.1 Å². The first-order valence-electron chi connectivity index (χ1n) is 12.4. The first-order valence-corrected chi connectivity index (χ1v) is 14.7. The number of sulfonamides is 1. The molecule has 2 aromatic rings. The van der Waals surface area contributed by atoms with Crippen molar-refractivity contribution in [1.82, 2.24) is 4.90 Å². The van der Waals surface area contributed by atoms with Gasteiger partial charge in [0.2, 0.25) is 15.9 Å². The molecule has 2 aromatic carbocycles. The number of rotatable bonds is 6. The lowest BCUT2D eigenvalue weighted by atomic mass is 9.93. The molecule has 0 radical (unpaired) electrons. The predicted octanol–water partition coefficient (Wildman–Crippen LogP) is 4.85. The number of nitrogens with zero attached hydrogens (tertiary/aromatic N) is 2. The number of benzene rings is 2. The quantitative estimate of drug-likeness (QED) is 0.486. The molecule has 2 aliphatic rings. The number of halogens is 4. The first kappa shape index (κ1) is 29.0. The molecule has 0 aromatic heterocycles. The van der Waals surface area contributed by atoms with Crippen molar-refractivity contribution in [3.05, 3.63) is 58.6 Å². The van der Waals surface area contributed by atoms with Gasteiger partial charge in [-0.3, -0.25) is 9.52 Å². The van der Waals surface area contributed by atoms with Crippen molar-refractivity contribution in [2.75, 3.05) is 36.1 Å². The van der Waals surface area contributed by atoms with Crippen LogP contribution in [0.3, 0.4) is 0 Å². The number of carbonyl (C=O) groups is 2. The normalized spacial score (nSPS) is 20.7. The minimum absolute atomic E-state index is 0.179. The van der Waals surface area contributed by atoms with Crippen LogP contribution < -0.4 is 9.62 Å². The summed E-state index contributed by atoms with van der Waals surface area (Å²) in [5, 5.41) is 0.494. The molecule has 0 spiro atoms. The van der Waals surface area contributed by atoms with Gasteiger partial charge in [0.15, 0.2) is 0 Å². The average Bonchev–Trinajstić information content (AvgIpc) is 3.31. The zero-order valence-electron chi connectivity index (χ0n) is 21.4. The number of likely N-dealkylation sites (tertiary alicyclic amines) is 1. The van der Waals surface area contributed by atoms with Gasteiger partial charge in [-0.2, -0.15) is 13.2 Å². The second-order valence-electron chi connectivity index (χ2n) is 9.76. The molecule has 13 heteroatoms. The van der Waals surface area contributed by atoms with Crippen molar-refractivity contribution in [3.8, 4) is 0 Å². The Morgan fingerprint density at radius 3 is 2.31 bits per heavy atom. The highest BCUT2D eigenvalue weighted by atomic mass is 35.5. The number of hydrogen-bond acceptors (Lipinski definition) is 6. The number of methoxy groups -OCH3 is 1. The van der Waals surface area contributed by atoms with E-state index >= 15 is 0 Å². The molecule has 2 atom stereocenters. The predicted molar refractivity (Wildman–Crippen MR) is 141 cm³/mol. The number of ether oxygens (including phenoxy) is 1. The molecule has 2 saturated heterocycles. The number of anilines is 2. The van der Waals surface area contributed by atoms with Gasteiger partial charge in [0.1, 0.15) is 6.04 Å². The van der Waals surface area contributed by atoms with E-state index in [4.69, 9.17) is 16.3 Å². The van der Waals surface area contributed by atoms with Crippen LogP contribution in [0.2, 0.25) is 5.02 Å². The summed E-state index contributed by atoms with van der Waals surface area (Å²) < 4.78 is 70.7. The molecule has 0 aliphatic carbocycles. The Balaban J connectivity index is 1.56. The van der Waals surface area contributed by atoms with Crippen LogP contribution in [0, 0.1) is 5.92 Å². The zero-order chi connectivity index (χ0) is 28.5. The molecule has 2 unspecified atom stereocenters. The molecule has 2 fully saturated rings. The smallest absolute Gasteiger partial charge is 0.416 e. The van der Waals surface area contributed by atoms with Gasteiger partial charge in [0, 0.05) is 24.0 Å². The number of amides is 1. The van der Waals surface area contributed by atoms with E-state index in [0.717, 1.165) is 24.0 Å². The van der Waals surface area contributed by atoms with Gasteiger partial charge in [0.25, 0.3) is 0 Å². The van der Waals surface area contributed by atoms with Crippen molar-refractivity contribution in [3.63, 3.8) is 0 Å². The standard InChI is InChI=1S/C26H29ClF3N3O5S/c1-38-25(35)23-10-9-21(18-5-3-4-6-19(18)27)33(23)24(34)16-11-13-32(14-12-16)22-8-7-17(26(28,29)30)15-20(22)31-39(2,36)37/h3-8,15-16,21,23,31H,9-14H2,1-2H3. The molecule has 8 nitrogen and oxygen atoms in total. The first-order chi connectivity index (χ1) is 18.3. The van der Waals surface area contributed by atoms with E-state index in [2.05, 4.69) is 4.72 Å². The van der Waals surface area contributed by atoms with Crippen LogP contribution in [0.15, 0.2) is 42.5 Å². The van der Waals surface area contributed by atoms with Crippen molar-refractivity contribution in [2.24, 2.45) is 5.92 Å². The van der Waals surface area contributed by atoms with Crippen LogP contribution in [0.1, 0.15) is 42.9 Å². The summed E-state index contributed by atoms with van der Waals surface area (Å²) in [6, 6.07) is 8.93. The highest BCUT2D eigenvalue weighted by Gasteiger charge is 2.45. The Kier molecular flexibility index (Phi) is 8.36. The number of carbonyl (C=O) groups excluding carboxylic acids is 2. The van der Waals surface area contributed by atoms with E-state index in [1.54, 1.807) is 21.9 Å². The van der Waals surface area contributed by atoms with Crippen molar-refractivity contribution >= 4 is 44.9 Å². The lowest BCUT2D eigenvalue weighted by Crippen LogP contribution is -2.48. The zero-order valence-corrected chi connectivity index (χ0v) is 22.9. The minimum atomic E-state index is -4.64. The molecule has 4 rings (SSSR count). The highest BCUT2D eigenvalue weighted by molar-refractivity contribution is 7.92. The number of piperidine rings is 1. The maximum Gasteiger partial charge on any atom is 0.416 e. The molecular formula is C26H29ClF3N3O5S. The van der Waals surface area contributed by atoms with Crippen LogP contribution in [0.25, 0.3) is 0 Å². The van der Waals surface area contributed by atoms with E-state index in [-0.39, 0.29) is 11.6 Å². The molecule has 0 bridgehead atoms. The van der Waals surface area contributed by atoms with Gasteiger partial charge in [-0.1, -0.05) is 29.8 Å². The topological polar surface area (TPSA) is 96.0 Å². The summed E-state index contributed by atoms with van der Waals surface area (Å²) in [5.74, 6) is -1.16. The molecule has 2 heterocycles. The van der Waals surface area contributed by atoms with Crippen LogP contribution in [0.4, 0.5) is 24.5 Å². The maximum atomic E-state index is 13.8. The number of hydrogen-bond donors (Lipinski definition) is 1. The van der Waals surface area contributed by atoms with Gasteiger partial charge in [-0.15, -0.1) is 0 Å². The number of alkyl halides is 3. The second-order valence-corrected chi connectivity index (χ2v) is 11.9. The van der Waals surface area contributed by atoms with Crippen molar-refractivity contribution in [1.29, 1.82) is 0 Å². The van der Waals surface area contributed by atoms with Crippen molar-refractivity contribution in [2.45, 2.75) is 43.9 Å². The average molecular weight is 588 g/mol.